The van der Waals surface area contributed by atoms with Gasteiger partial charge in [0, 0.05) is 42.8 Å². The third-order valence-corrected chi connectivity index (χ3v) is 3.64. The lowest BCUT2D eigenvalue weighted by atomic mass is 10.2. The fraction of sp³-hybridized carbons (Fsp3) is 0.438. The average Bonchev–Trinajstić information content (AvgIpc) is 3.13. The molecule has 0 amide bonds. The van der Waals surface area contributed by atoms with Crippen molar-refractivity contribution in [2.45, 2.75) is 38.9 Å². The summed E-state index contributed by atoms with van der Waals surface area (Å²) in [4.78, 5) is 6.65. The summed E-state index contributed by atoms with van der Waals surface area (Å²) in [5, 5.41) is 3.56. The molecule has 20 heavy (non-hydrogen) atoms. The van der Waals surface area contributed by atoms with Crippen molar-refractivity contribution in [1.29, 1.82) is 0 Å². The molecule has 0 spiro atoms. The van der Waals surface area contributed by atoms with E-state index in [1.165, 1.54) is 24.1 Å². The van der Waals surface area contributed by atoms with Crippen molar-refractivity contribution in [3.05, 3.63) is 47.7 Å². The molecule has 0 saturated heterocycles. The molecule has 1 saturated carbocycles. The first kappa shape index (κ1) is 13.2. The van der Waals surface area contributed by atoms with E-state index in [1.807, 2.05) is 25.3 Å². The molecule has 2 aromatic rings. The highest BCUT2D eigenvalue weighted by molar-refractivity contribution is 5.53. The average molecular weight is 271 g/mol. The molecular formula is C16H21N3O. The van der Waals surface area contributed by atoms with E-state index in [4.69, 9.17) is 4.42 Å². The van der Waals surface area contributed by atoms with Gasteiger partial charge in [0.05, 0.1) is 12.8 Å². The third-order valence-electron chi connectivity index (χ3n) is 3.64. The van der Waals surface area contributed by atoms with Crippen LogP contribution in [0.1, 0.15) is 29.9 Å². The van der Waals surface area contributed by atoms with E-state index < -0.39 is 0 Å². The zero-order valence-electron chi connectivity index (χ0n) is 12.1. The van der Waals surface area contributed by atoms with Gasteiger partial charge in [0.1, 0.15) is 5.76 Å². The summed E-state index contributed by atoms with van der Waals surface area (Å²) in [7, 11) is 2.10. The van der Waals surface area contributed by atoms with Gasteiger partial charge in [0.2, 0.25) is 0 Å². The number of aryl methyl sites for hydroxylation is 1. The zero-order valence-corrected chi connectivity index (χ0v) is 12.1. The van der Waals surface area contributed by atoms with E-state index in [0.29, 0.717) is 6.04 Å². The van der Waals surface area contributed by atoms with E-state index in [0.717, 1.165) is 24.5 Å². The number of aromatic nitrogens is 1. The number of rotatable bonds is 6. The molecule has 4 heteroatoms. The molecule has 0 atom stereocenters. The molecule has 4 nitrogen and oxygen atoms in total. The lowest BCUT2D eigenvalue weighted by Gasteiger charge is -2.22. The van der Waals surface area contributed by atoms with Crippen LogP contribution in [0.3, 0.4) is 0 Å². The topological polar surface area (TPSA) is 41.3 Å². The maximum absolute atomic E-state index is 5.43. The van der Waals surface area contributed by atoms with Crippen LogP contribution in [-0.4, -0.2) is 18.1 Å². The van der Waals surface area contributed by atoms with Crippen molar-refractivity contribution in [3.8, 4) is 0 Å². The summed E-state index contributed by atoms with van der Waals surface area (Å²) >= 11 is 0. The van der Waals surface area contributed by atoms with E-state index in [9.17, 15) is 0 Å². The van der Waals surface area contributed by atoms with Gasteiger partial charge >= 0.3 is 0 Å². The molecule has 2 heterocycles. The fourth-order valence-corrected chi connectivity index (χ4v) is 2.33. The Bertz CT molecular complexity index is 561. The van der Waals surface area contributed by atoms with Crippen LogP contribution in [-0.2, 0) is 13.1 Å². The summed E-state index contributed by atoms with van der Waals surface area (Å²) in [5.74, 6) is 0.975. The Morgan fingerprint density at radius 2 is 2.30 bits per heavy atom. The van der Waals surface area contributed by atoms with Gasteiger partial charge in [-0.1, -0.05) is 0 Å². The van der Waals surface area contributed by atoms with Gasteiger partial charge in [-0.15, -0.1) is 0 Å². The molecular weight excluding hydrogens is 250 g/mol. The first-order valence-electron chi connectivity index (χ1n) is 7.15. The van der Waals surface area contributed by atoms with Crippen molar-refractivity contribution in [3.63, 3.8) is 0 Å². The number of nitrogens with zero attached hydrogens (tertiary/aromatic N) is 2. The zero-order chi connectivity index (χ0) is 13.9. The van der Waals surface area contributed by atoms with Gasteiger partial charge in [-0.25, -0.2) is 0 Å². The van der Waals surface area contributed by atoms with Crippen molar-refractivity contribution in [2.75, 3.05) is 11.9 Å². The summed E-state index contributed by atoms with van der Waals surface area (Å²) in [5.41, 5.74) is 3.51. The Labute approximate surface area is 119 Å². The van der Waals surface area contributed by atoms with Gasteiger partial charge in [-0.2, -0.15) is 0 Å². The highest BCUT2D eigenvalue weighted by atomic mass is 16.3. The van der Waals surface area contributed by atoms with Gasteiger partial charge in [0.15, 0.2) is 0 Å². The number of furan rings is 1. The normalized spacial score (nSPS) is 14.5. The minimum Gasteiger partial charge on any atom is -0.467 e. The van der Waals surface area contributed by atoms with Crippen molar-refractivity contribution >= 4 is 5.69 Å². The van der Waals surface area contributed by atoms with Crippen molar-refractivity contribution in [1.82, 2.24) is 10.3 Å². The minimum absolute atomic E-state index is 0.708. The molecule has 1 aliphatic rings. The van der Waals surface area contributed by atoms with E-state index >= 15 is 0 Å². The molecule has 1 N–H and O–H groups in total. The van der Waals surface area contributed by atoms with Crippen LogP contribution in [0.5, 0.6) is 0 Å². The molecule has 1 aliphatic carbocycles. The predicted octanol–water partition coefficient (Wildman–Crippen LogP) is 2.87. The maximum atomic E-state index is 5.43. The molecule has 0 unspecified atom stereocenters. The quantitative estimate of drug-likeness (QED) is 0.877. The summed E-state index contributed by atoms with van der Waals surface area (Å²) in [6, 6.07) is 6.79. The Kier molecular flexibility index (Phi) is 3.74. The number of pyridine rings is 1. The van der Waals surface area contributed by atoms with Crippen LogP contribution in [0.4, 0.5) is 5.69 Å². The second-order valence-electron chi connectivity index (χ2n) is 5.54. The van der Waals surface area contributed by atoms with Crippen molar-refractivity contribution in [2.24, 2.45) is 0 Å². The van der Waals surface area contributed by atoms with E-state index in [2.05, 4.69) is 28.3 Å². The number of hydrogen-bond donors (Lipinski definition) is 1. The number of anilines is 1. The molecule has 0 aromatic carbocycles. The molecule has 106 valence electrons. The lowest BCUT2D eigenvalue weighted by molar-refractivity contribution is 0.507. The Balaban J connectivity index is 1.76. The molecule has 2 aromatic heterocycles. The van der Waals surface area contributed by atoms with Crippen molar-refractivity contribution < 1.29 is 4.42 Å². The summed E-state index contributed by atoms with van der Waals surface area (Å²) < 4.78 is 5.43. The van der Waals surface area contributed by atoms with E-state index in [1.54, 1.807) is 6.26 Å². The van der Waals surface area contributed by atoms with Gasteiger partial charge in [-0.05, 0) is 38.0 Å². The Morgan fingerprint density at radius 1 is 1.45 bits per heavy atom. The number of nitrogens with one attached hydrogen (secondary N) is 1. The SMILES string of the molecule is Cc1cc(N(C)Cc2ccco2)c(CNC2CC2)cn1. The largest absolute Gasteiger partial charge is 0.467 e. The monoisotopic (exact) mass is 271 g/mol. The summed E-state index contributed by atoms with van der Waals surface area (Å²) in [6.07, 6.45) is 6.31. The number of hydrogen-bond acceptors (Lipinski definition) is 4. The predicted molar refractivity (Wildman–Crippen MR) is 79.7 cm³/mol. The standard InChI is InChI=1S/C16H21N3O/c1-12-8-16(19(2)11-15-4-3-7-20-15)13(9-17-12)10-18-14-5-6-14/h3-4,7-9,14,18H,5-6,10-11H2,1-2H3. The highest BCUT2D eigenvalue weighted by Crippen LogP contribution is 2.24. The lowest BCUT2D eigenvalue weighted by Crippen LogP contribution is -2.22. The van der Waals surface area contributed by atoms with Gasteiger partial charge in [0.25, 0.3) is 0 Å². The van der Waals surface area contributed by atoms with Gasteiger partial charge < -0.3 is 14.6 Å². The Hall–Kier alpha value is -1.81. The van der Waals surface area contributed by atoms with Crippen LogP contribution in [0.2, 0.25) is 0 Å². The third kappa shape index (κ3) is 3.20. The fourth-order valence-electron chi connectivity index (χ4n) is 2.33. The molecule has 0 bridgehead atoms. The molecule has 1 fully saturated rings. The Morgan fingerprint density at radius 3 is 3.00 bits per heavy atom. The first-order chi connectivity index (χ1) is 9.72. The minimum atomic E-state index is 0.708. The smallest absolute Gasteiger partial charge is 0.123 e. The van der Waals surface area contributed by atoms with Crippen LogP contribution in [0.15, 0.2) is 35.1 Å². The van der Waals surface area contributed by atoms with Crippen LogP contribution >= 0.6 is 0 Å². The summed E-state index contributed by atoms with van der Waals surface area (Å²) in [6.45, 7) is 3.69. The van der Waals surface area contributed by atoms with Crippen LogP contribution in [0, 0.1) is 6.92 Å². The molecule has 0 radical (unpaired) electrons. The second-order valence-corrected chi connectivity index (χ2v) is 5.54. The second kappa shape index (κ2) is 5.67. The van der Waals surface area contributed by atoms with Crippen LogP contribution < -0.4 is 10.2 Å². The molecule has 3 rings (SSSR count). The molecule has 0 aliphatic heterocycles. The van der Waals surface area contributed by atoms with Crippen LogP contribution in [0.25, 0.3) is 0 Å². The van der Waals surface area contributed by atoms with Gasteiger partial charge in [-0.3, -0.25) is 4.98 Å². The maximum Gasteiger partial charge on any atom is 0.123 e. The first-order valence-corrected chi connectivity index (χ1v) is 7.15. The highest BCUT2D eigenvalue weighted by Gasteiger charge is 2.21. The van der Waals surface area contributed by atoms with E-state index in [-0.39, 0.29) is 0 Å².